The van der Waals surface area contributed by atoms with Gasteiger partial charge in [0.15, 0.2) is 0 Å². The fraction of sp³-hybridized carbons (Fsp3) is 0.400. The lowest BCUT2D eigenvalue weighted by atomic mass is 9.94. The predicted octanol–water partition coefficient (Wildman–Crippen LogP) is 2.37. The van der Waals surface area contributed by atoms with E-state index in [1.165, 1.54) is 30.6 Å². The molecule has 3 rings (SSSR count). The van der Waals surface area contributed by atoms with Crippen LogP contribution in [0.4, 0.5) is 5.82 Å². The molecule has 0 spiro atoms. The molecule has 1 aliphatic rings. The Morgan fingerprint density at radius 3 is 2.89 bits per heavy atom. The maximum atomic E-state index is 5.69. The van der Waals surface area contributed by atoms with Crippen LogP contribution in [-0.4, -0.2) is 28.2 Å². The van der Waals surface area contributed by atoms with Crippen LogP contribution in [-0.2, 0) is 6.54 Å². The number of nitrogen functional groups attached to an aromatic ring is 1. The number of piperidine rings is 1. The van der Waals surface area contributed by atoms with E-state index in [9.17, 15) is 0 Å². The minimum atomic E-state index is 0.530. The molecule has 2 aromatic rings. The summed E-state index contributed by atoms with van der Waals surface area (Å²) < 4.78 is 0. The topological polar surface area (TPSA) is 57.9 Å². The van der Waals surface area contributed by atoms with Crippen molar-refractivity contribution in [2.75, 3.05) is 18.8 Å². The lowest BCUT2D eigenvalue weighted by Crippen LogP contribution is -2.34. The van der Waals surface area contributed by atoms with Gasteiger partial charge in [-0.2, -0.15) is 5.10 Å². The summed E-state index contributed by atoms with van der Waals surface area (Å²) in [4.78, 5) is 2.51. The number of benzene rings is 1. The Bertz CT molecular complexity index is 520. The molecule has 0 unspecified atom stereocenters. The lowest BCUT2D eigenvalue weighted by Gasteiger charge is -2.32. The van der Waals surface area contributed by atoms with E-state index < -0.39 is 0 Å². The molecule has 3 N–H and O–H groups in total. The lowest BCUT2D eigenvalue weighted by molar-refractivity contribution is 0.198. The smallest absolute Gasteiger partial charge is 0.145 e. The molecule has 0 bridgehead atoms. The number of anilines is 1. The van der Waals surface area contributed by atoms with Crippen molar-refractivity contribution < 1.29 is 0 Å². The fourth-order valence-corrected chi connectivity index (χ4v) is 2.86. The van der Waals surface area contributed by atoms with Gasteiger partial charge in [-0.1, -0.05) is 30.3 Å². The molecule has 0 aliphatic carbocycles. The van der Waals surface area contributed by atoms with Crippen LogP contribution in [0, 0.1) is 0 Å². The van der Waals surface area contributed by atoms with Gasteiger partial charge < -0.3 is 5.73 Å². The summed E-state index contributed by atoms with van der Waals surface area (Å²) in [6.45, 7) is 3.28. The van der Waals surface area contributed by atoms with Crippen LogP contribution in [0.1, 0.15) is 30.0 Å². The molecule has 0 amide bonds. The number of rotatable bonds is 3. The highest BCUT2D eigenvalue weighted by Gasteiger charge is 2.22. The van der Waals surface area contributed by atoms with Crippen LogP contribution in [0.25, 0.3) is 0 Å². The van der Waals surface area contributed by atoms with Crippen LogP contribution in [0.5, 0.6) is 0 Å². The van der Waals surface area contributed by atoms with E-state index in [1.807, 2.05) is 6.07 Å². The Morgan fingerprint density at radius 1 is 1.32 bits per heavy atom. The van der Waals surface area contributed by atoms with Crippen LogP contribution >= 0.6 is 0 Å². The summed E-state index contributed by atoms with van der Waals surface area (Å²) in [5.74, 6) is 1.12. The number of nitrogens with zero attached hydrogens (tertiary/aromatic N) is 2. The minimum Gasteiger partial charge on any atom is -0.382 e. The van der Waals surface area contributed by atoms with E-state index in [0.29, 0.717) is 11.7 Å². The van der Waals surface area contributed by atoms with Crippen molar-refractivity contribution in [3.05, 3.63) is 47.7 Å². The monoisotopic (exact) mass is 256 g/mol. The number of nitrogens with two attached hydrogens (primary N) is 1. The third-order valence-electron chi connectivity index (χ3n) is 3.81. The van der Waals surface area contributed by atoms with Gasteiger partial charge in [0, 0.05) is 30.8 Å². The molecule has 100 valence electrons. The first-order chi connectivity index (χ1) is 9.31. The first kappa shape index (κ1) is 12.2. The Morgan fingerprint density at radius 2 is 2.16 bits per heavy atom. The van der Waals surface area contributed by atoms with Crippen molar-refractivity contribution in [3.63, 3.8) is 0 Å². The Hall–Kier alpha value is -1.81. The molecule has 1 aromatic heterocycles. The predicted molar refractivity (Wildman–Crippen MR) is 76.7 cm³/mol. The van der Waals surface area contributed by atoms with Crippen molar-refractivity contribution in [1.82, 2.24) is 15.1 Å². The van der Waals surface area contributed by atoms with Crippen molar-refractivity contribution >= 4 is 5.82 Å². The zero-order valence-electron chi connectivity index (χ0n) is 11.0. The summed E-state index contributed by atoms with van der Waals surface area (Å²) in [5.41, 5.74) is 8.25. The second kappa shape index (κ2) is 5.45. The molecule has 1 fully saturated rings. The summed E-state index contributed by atoms with van der Waals surface area (Å²) >= 11 is 0. The third-order valence-corrected chi connectivity index (χ3v) is 3.81. The van der Waals surface area contributed by atoms with Crippen LogP contribution in [0.3, 0.4) is 0 Å². The SMILES string of the molecule is Nc1cc([C@H]2CCCN(Cc3ccccc3)C2)[nH]n1. The average molecular weight is 256 g/mol. The number of nitrogens with one attached hydrogen (secondary N) is 1. The third kappa shape index (κ3) is 2.96. The van der Waals surface area contributed by atoms with E-state index in [0.717, 1.165) is 13.1 Å². The van der Waals surface area contributed by atoms with Crippen molar-refractivity contribution in [1.29, 1.82) is 0 Å². The molecular formula is C15H20N4. The van der Waals surface area contributed by atoms with Gasteiger partial charge in [0.2, 0.25) is 0 Å². The number of hydrogen-bond acceptors (Lipinski definition) is 3. The molecule has 1 aliphatic heterocycles. The molecule has 1 aromatic carbocycles. The number of likely N-dealkylation sites (tertiary alicyclic amines) is 1. The number of hydrogen-bond donors (Lipinski definition) is 2. The van der Waals surface area contributed by atoms with Crippen molar-refractivity contribution in [2.45, 2.75) is 25.3 Å². The zero-order chi connectivity index (χ0) is 13.1. The molecule has 1 atom stereocenters. The van der Waals surface area contributed by atoms with Crippen molar-refractivity contribution in [3.8, 4) is 0 Å². The largest absolute Gasteiger partial charge is 0.382 e. The van der Waals surface area contributed by atoms with Gasteiger partial charge in [0.05, 0.1) is 0 Å². The van der Waals surface area contributed by atoms with E-state index in [1.54, 1.807) is 0 Å². The molecule has 0 saturated carbocycles. The second-order valence-electron chi connectivity index (χ2n) is 5.31. The highest BCUT2D eigenvalue weighted by Crippen LogP contribution is 2.27. The summed E-state index contributed by atoms with van der Waals surface area (Å²) in [6.07, 6.45) is 2.45. The maximum Gasteiger partial charge on any atom is 0.145 e. The van der Waals surface area contributed by atoms with E-state index in [-0.39, 0.29) is 0 Å². The Labute approximate surface area is 113 Å². The van der Waals surface area contributed by atoms with Gasteiger partial charge in [-0.05, 0) is 24.9 Å². The summed E-state index contributed by atoms with van der Waals surface area (Å²) in [7, 11) is 0. The van der Waals surface area contributed by atoms with Gasteiger partial charge in [-0.15, -0.1) is 0 Å². The van der Waals surface area contributed by atoms with E-state index in [4.69, 9.17) is 5.73 Å². The number of H-pyrrole nitrogens is 1. The van der Waals surface area contributed by atoms with E-state index >= 15 is 0 Å². The molecule has 19 heavy (non-hydrogen) atoms. The fourth-order valence-electron chi connectivity index (χ4n) is 2.86. The Balaban J connectivity index is 1.65. The second-order valence-corrected chi connectivity index (χ2v) is 5.31. The number of aromatic nitrogens is 2. The van der Waals surface area contributed by atoms with Gasteiger partial charge >= 0.3 is 0 Å². The van der Waals surface area contributed by atoms with Crippen LogP contribution in [0.2, 0.25) is 0 Å². The molecular weight excluding hydrogens is 236 g/mol. The highest BCUT2D eigenvalue weighted by molar-refractivity contribution is 5.30. The van der Waals surface area contributed by atoms with Crippen LogP contribution in [0.15, 0.2) is 36.4 Å². The average Bonchev–Trinajstić information content (AvgIpc) is 2.87. The van der Waals surface area contributed by atoms with Crippen molar-refractivity contribution in [2.24, 2.45) is 0 Å². The number of aromatic amines is 1. The maximum absolute atomic E-state index is 5.69. The normalized spacial score (nSPS) is 20.5. The zero-order valence-corrected chi connectivity index (χ0v) is 11.0. The molecule has 4 heteroatoms. The van der Waals surface area contributed by atoms with Gasteiger partial charge in [0.25, 0.3) is 0 Å². The van der Waals surface area contributed by atoms with Gasteiger partial charge in [-0.3, -0.25) is 10.00 Å². The summed E-state index contributed by atoms with van der Waals surface area (Å²) in [5, 5.41) is 7.09. The molecule has 0 radical (unpaired) electrons. The quantitative estimate of drug-likeness (QED) is 0.886. The molecule has 4 nitrogen and oxygen atoms in total. The standard InChI is InChI=1S/C15H20N4/c16-15-9-14(17-18-15)13-7-4-8-19(11-13)10-12-5-2-1-3-6-12/h1-3,5-6,9,13H,4,7-8,10-11H2,(H3,16,17,18)/t13-/m0/s1. The first-order valence-corrected chi connectivity index (χ1v) is 6.88. The molecule has 2 heterocycles. The minimum absolute atomic E-state index is 0.530. The van der Waals surface area contributed by atoms with Gasteiger partial charge in [-0.25, -0.2) is 0 Å². The summed E-state index contributed by atoms with van der Waals surface area (Å²) in [6, 6.07) is 12.6. The Kier molecular flexibility index (Phi) is 3.51. The highest BCUT2D eigenvalue weighted by atomic mass is 15.2. The molecule has 1 saturated heterocycles. The first-order valence-electron chi connectivity index (χ1n) is 6.88. The van der Waals surface area contributed by atoms with Gasteiger partial charge in [0.1, 0.15) is 5.82 Å². The van der Waals surface area contributed by atoms with Crippen LogP contribution < -0.4 is 5.73 Å². The van der Waals surface area contributed by atoms with E-state index in [2.05, 4.69) is 45.4 Å².